The first-order chi connectivity index (χ1) is 10.6. The zero-order chi connectivity index (χ0) is 15.8. The molecule has 1 aliphatic rings. The molecule has 1 N–H and O–H groups in total. The molecule has 0 spiro atoms. The number of hydrogen-bond donors (Lipinski definition) is 1. The molecule has 5 heteroatoms. The van der Waals surface area contributed by atoms with E-state index in [1.807, 2.05) is 31.2 Å². The number of aryl methyl sites for hydroxylation is 1. The summed E-state index contributed by atoms with van der Waals surface area (Å²) in [6, 6.07) is 7.45. The SMILES string of the molecule is Cc1ccc(C(=O)CCC(=O)NCCN2CCOCC2)cc1. The lowest BCUT2D eigenvalue weighted by atomic mass is 10.1. The van der Waals surface area contributed by atoms with Gasteiger partial charge in [-0.1, -0.05) is 29.8 Å². The van der Waals surface area contributed by atoms with Crippen molar-refractivity contribution in [3.05, 3.63) is 35.4 Å². The average molecular weight is 304 g/mol. The van der Waals surface area contributed by atoms with Gasteiger partial charge in [0.25, 0.3) is 0 Å². The number of ketones is 1. The van der Waals surface area contributed by atoms with E-state index in [0.717, 1.165) is 38.4 Å². The summed E-state index contributed by atoms with van der Waals surface area (Å²) in [7, 11) is 0. The number of ether oxygens (including phenoxy) is 1. The summed E-state index contributed by atoms with van der Waals surface area (Å²) in [6.45, 7) is 6.80. The number of nitrogens with one attached hydrogen (secondary N) is 1. The summed E-state index contributed by atoms with van der Waals surface area (Å²) in [6.07, 6.45) is 0.502. The maximum atomic E-state index is 12.0. The molecule has 0 radical (unpaired) electrons. The molecule has 0 aromatic heterocycles. The highest BCUT2D eigenvalue weighted by Gasteiger charge is 2.11. The Morgan fingerprint density at radius 2 is 1.82 bits per heavy atom. The number of hydrogen-bond acceptors (Lipinski definition) is 4. The standard InChI is InChI=1S/C17H24N2O3/c1-14-2-4-15(5-3-14)16(20)6-7-17(21)18-8-9-19-10-12-22-13-11-19/h2-5H,6-13H2,1H3,(H,18,21). The van der Waals surface area contributed by atoms with Crippen molar-refractivity contribution in [2.24, 2.45) is 0 Å². The van der Waals surface area contributed by atoms with E-state index in [0.29, 0.717) is 12.1 Å². The topological polar surface area (TPSA) is 58.6 Å². The Hall–Kier alpha value is -1.72. The van der Waals surface area contributed by atoms with Crippen molar-refractivity contribution in [1.29, 1.82) is 0 Å². The van der Waals surface area contributed by atoms with Crippen molar-refractivity contribution in [3.63, 3.8) is 0 Å². The van der Waals surface area contributed by atoms with Gasteiger partial charge in [0.2, 0.25) is 5.91 Å². The normalized spacial score (nSPS) is 15.5. The Morgan fingerprint density at radius 3 is 2.50 bits per heavy atom. The van der Waals surface area contributed by atoms with Crippen molar-refractivity contribution in [2.75, 3.05) is 39.4 Å². The molecule has 1 fully saturated rings. The van der Waals surface area contributed by atoms with E-state index >= 15 is 0 Å². The van der Waals surface area contributed by atoms with Crippen LogP contribution >= 0.6 is 0 Å². The van der Waals surface area contributed by atoms with Crippen LogP contribution in [-0.2, 0) is 9.53 Å². The summed E-state index contributed by atoms with van der Waals surface area (Å²) < 4.78 is 5.27. The number of benzene rings is 1. The third-order valence-corrected chi connectivity index (χ3v) is 3.81. The van der Waals surface area contributed by atoms with E-state index in [4.69, 9.17) is 4.74 Å². The van der Waals surface area contributed by atoms with Gasteiger partial charge in [0.15, 0.2) is 5.78 Å². The minimum absolute atomic E-state index is 0.0170. The maximum Gasteiger partial charge on any atom is 0.220 e. The molecule has 5 nitrogen and oxygen atoms in total. The number of carbonyl (C=O) groups excluding carboxylic acids is 2. The minimum Gasteiger partial charge on any atom is -0.379 e. The highest BCUT2D eigenvalue weighted by atomic mass is 16.5. The summed E-state index contributed by atoms with van der Waals surface area (Å²) in [5.41, 5.74) is 1.80. The van der Waals surface area contributed by atoms with Gasteiger partial charge in [-0.05, 0) is 6.92 Å². The van der Waals surface area contributed by atoms with E-state index in [1.54, 1.807) is 0 Å². The van der Waals surface area contributed by atoms with Crippen molar-refractivity contribution in [1.82, 2.24) is 10.2 Å². The van der Waals surface area contributed by atoms with Crippen LogP contribution in [0.1, 0.15) is 28.8 Å². The van der Waals surface area contributed by atoms with Crippen LogP contribution in [0.25, 0.3) is 0 Å². The molecule has 1 heterocycles. The van der Waals surface area contributed by atoms with Crippen molar-refractivity contribution in [3.8, 4) is 0 Å². The zero-order valence-corrected chi connectivity index (χ0v) is 13.1. The second-order valence-corrected chi connectivity index (χ2v) is 5.59. The fourth-order valence-electron chi connectivity index (χ4n) is 2.38. The zero-order valence-electron chi connectivity index (χ0n) is 13.1. The van der Waals surface area contributed by atoms with E-state index in [1.165, 1.54) is 0 Å². The number of nitrogens with zero attached hydrogens (tertiary/aromatic N) is 1. The number of rotatable bonds is 7. The van der Waals surface area contributed by atoms with Crippen molar-refractivity contribution in [2.45, 2.75) is 19.8 Å². The van der Waals surface area contributed by atoms with Crippen LogP contribution in [0.4, 0.5) is 0 Å². The van der Waals surface area contributed by atoms with E-state index in [-0.39, 0.29) is 24.5 Å². The number of Topliss-reactive ketones (excluding diaryl/α,β-unsaturated/α-hetero) is 1. The predicted octanol–water partition coefficient (Wildman–Crippen LogP) is 1.41. The molecular weight excluding hydrogens is 280 g/mol. The molecule has 22 heavy (non-hydrogen) atoms. The fraction of sp³-hybridized carbons (Fsp3) is 0.529. The van der Waals surface area contributed by atoms with Crippen LogP contribution in [-0.4, -0.2) is 56.0 Å². The minimum atomic E-state index is -0.0614. The maximum absolute atomic E-state index is 12.0. The van der Waals surface area contributed by atoms with Gasteiger partial charge in [-0.3, -0.25) is 14.5 Å². The first-order valence-electron chi connectivity index (χ1n) is 7.82. The van der Waals surface area contributed by atoms with Crippen molar-refractivity contribution < 1.29 is 14.3 Å². The van der Waals surface area contributed by atoms with Crippen LogP contribution < -0.4 is 5.32 Å². The van der Waals surface area contributed by atoms with Gasteiger partial charge < -0.3 is 10.1 Å². The third kappa shape index (κ3) is 5.58. The number of morpholine rings is 1. The Labute approximate surface area is 131 Å². The average Bonchev–Trinajstić information content (AvgIpc) is 2.54. The molecule has 0 saturated carbocycles. The molecule has 1 amide bonds. The molecular formula is C17H24N2O3. The highest BCUT2D eigenvalue weighted by molar-refractivity contribution is 5.97. The van der Waals surface area contributed by atoms with E-state index in [2.05, 4.69) is 10.2 Å². The summed E-state index contributed by atoms with van der Waals surface area (Å²) >= 11 is 0. The van der Waals surface area contributed by atoms with Crippen LogP contribution in [0.15, 0.2) is 24.3 Å². The summed E-state index contributed by atoms with van der Waals surface area (Å²) in [4.78, 5) is 26.0. The molecule has 1 aromatic rings. The molecule has 0 unspecified atom stereocenters. The van der Waals surface area contributed by atoms with Crippen LogP contribution in [0, 0.1) is 6.92 Å². The van der Waals surface area contributed by atoms with Gasteiger partial charge in [0, 0.05) is 44.6 Å². The molecule has 0 bridgehead atoms. The van der Waals surface area contributed by atoms with Gasteiger partial charge in [0.1, 0.15) is 0 Å². The van der Waals surface area contributed by atoms with E-state index < -0.39 is 0 Å². The summed E-state index contributed by atoms with van der Waals surface area (Å²) in [5, 5.41) is 2.87. The molecule has 1 saturated heterocycles. The van der Waals surface area contributed by atoms with Gasteiger partial charge >= 0.3 is 0 Å². The molecule has 0 aliphatic carbocycles. The molecule has 1 aliphatic heterocycles. The Morgan fingerprint density at radius 1 is 1.14 bits per heavy atom. The van der Waals surface area contributed by atoms with Gasteiger partial charge in [0.05, 0.1) is 13.2 Å². The van der Waals surface area contributed by atoms with Gasteiger partial charge in [-0.2, -0.15) is 0 Å². The largest absolute Gasteiger partial charge is 0.379 e. The fourth-order valence-corrected chi connectivity index (χ4v) is 2.38. The Bertz CT molecular complexity index is 493. The molecule has 1 aromatic carbocycles. The first kappa shape index (κ1) is 16.6. The van der Waals surface area contributed by atoms with Crippen LogP contribution in [0.3, 0.4) is 0 Å². The van der Waals surface area contributed by atoms with Gasteiger partial charge in [-0.15, -0.1) is 0 Å². The second kappa shape index (κ2) is 8.66. The lowest BCUT2D eigenvalue weighted by Gasteiger charge is -2.26. The van der Waals surface area contributed by atoms with Gasteiger partial charge in [-0.25, -0.2) is 0 Å². The molecule has 0 atom stereocenters. The molecule has 120 valence electrons. The molecule has 2 rings (SSSR count). The van der Waals surface area contributed by atoms with Crippen LogP contribution in [0.2, 0.25) is 0 Å². The van der Waals surface area contributed by atoms with Crippen molar-refractivity contribution >= 4 is 11.7 Å². The smallest absolute Gasteiger partial charge is 0.220 e. The lowest BCUT2D eigenvalue weighted by Crippen LogP contribution is -2.41. The first-order valence-corrected chi connectivity index (χ1v) is 7.82. The number of amides is 1. The Balaban J connectivity index is 1.62. The Kier molecular flexibility index (Phi) is 6.55. The lowest BCUT2D eigenvalue weighted by molar-refractivity contribution is -0.121. The monoisotopic (exact) mass is 304 g/mol. The quantitative estimate of drug-likeness (QED) is 0.774. The second-order valence-electron chi connectivity index (χ2n) is 5.59. The van der Waals surface area contributed by atoms with E-state index in [9.17, 15) is 9.59 Å². The summed E-state index contributed by atoms with van der Waals surface area (Å²) in [5.74, 6) is -0.0444. The predicted molar refractivity (Wildman–Crippen MR) is 85.0 cm³/mol. The van der Waals surface area contributed by atoms with Crippen LogP contribution in [0.5, 0.6) is 0 Å². The highest BCUT2D eigenvalue weighted by Crippen LogP contribution is 2.07. The third-order valence-electron chi connectivity index (χ3n) is 3.81. The number of carbonyl (C=O) groups is 2.